The number of benzene rings is 2. The van der Waals surface area contributed by atoms with Gasteiger partial charge in [-0.05, 0) is 31.2 Å². The number of carbonyl (C=O) groups excluding carboxylic acids is 2. The van der Waals surface area contributed by atoms with Gasteiger partial charge < -0.3 is 10.1 Å². The first-order valence-electron chi connectivity index (χ1n) is 8.56. The number of hydrogen-bond donors (Lipinski definition) is 1. The second-order valence-electron chi connectivity index (χ2n) is 6.16. The van der Waals surface area contributed by atoms with E-state index in [1.165, 1.54) is 16.8 Å². The van der Waals surface area contributed by atoms with Crippen LogP contribution in [0.15, 0.2) is 53.3 Å². The molecule has 29 heavy (non-hydrogen) atoms. The van der Waals surface area contributed by atoms with E-state index >= 15 is 0 Å². The van der Waals surface area contributed by atoms with Gasteiger partial charge in [-0.2, -0.15) is 0 Å². The van der Waals surface area contributed by atoms with Crippen LogP contribution in [0.4, 0.5) is 5.69 Å². The van der Waals surface area contributed by atoms with Gasteiger partial charge in [0.05, 0.1) is 27.0 Å². The molecule has 7 nitrogen and oxygen atoms in total. The highest BCUT2D eigenvalue weighted by molar-refractivity contribution is 6.39. The number of amides is 1. The number of ether oxygens (including phenoxy) is 1. The number of hydrogen-bond acceptors (Lipinski definition) is 4. The van der Waals surface area contributed by atoms with E-state index in [1.807, 2.05) is 18.2 Å². The largest absolute Gasteiger partial charge is 0.452 e. The van der Waals surface area contributed by atoms with E-state index in [-0.39, 0.29) is 21.3 Å². The van der Waals surface area contributed by atoms with Gasteiger partial charge in [-0.3, -0.25) is 14.3 Å². The third-order valence-corrected chi connectivity index (χ3v) is 4.95. The summed E-state index contributed by atoms with van der Waals surface area (Å²) >= 11 is 11.9. The number of anilines is 1. The molecule has 150 valence electrons. The number of carbonyl (C=O) groups is 2. The van der Waals surface area contributed by atoms with Crippen molar-refractivity contribution in [2.45, 2.75) is 6.92 Å². The summed E-state index contributed by atoms with van der Waals surface area (Å²) in [7, 11) is 1.71. The molecule has 0 unspecified atom stereocenters. The summed E-state index contributed by atoms with van der Waals surface area (Å²) in [6.45, 7) is 1.10. The predicted molar refractivity (Wildman–Crippen MR) is 111 cm³/mol. The molecule has 0 bridgehead atoms. The summed E-state index contributed by atoms with van der Waals surface area (Å²) in [6, 6.07) is 13.6. The minimum atomic E-state index is -0.831. The maximum Gasteiger partial charge on any atom is 0.341 e. The molecule has 2 aromatic carbocycles. The van der Waals surface area contributed by atoms with Crippen LogP contribution in [0, 0.1) is 6.92 Å². The molecule has 0 atom stereocenters. The Hall–Kier alpha value is -3.03. The molecule has 3 aromatic rings. The molecule has 0 fully saturated rings. The van der Waals surface area contributed by atoms with Gasteiger partial charge in [0.1, 0.15) is 5.69 Å². The molecule has 1 aromatic heterocycles. The number of halogens is 2. The fourth-order valence-corrected chi connectivity index (χ4v) is 3.34. The van der Waals surface area contributed by atoms with Gasteiger partial charge in [0.25, 0.3) is 11.5 Å². The van der Waals surface area contributed by atoms with E-state index in [4.69, 9.17) is 27.9 Å². The van der Waals surface area contributed by atoms with Crippen LogP contribution in [-0.4, -0.2) is 27.8 Å². The minimum Gasteiger partial charge on any atom is -0.452 e. The van der Waals surface area contributed by atoms with Crippen LogP contribution in [0.3, 0.4) is 0 Å². The van der Waals surface area contributed by atoms with Gasteiger partial charge in [-0.1, -0.05) is 47.5 Å². The molecule has 0 spiro atoms. The highest BCUT2D eigenvalue weighted by atomic mass is 35.5. The highest BCUT2D eigenvalue weighted by Crippen LogP contribution is 2.25. The van der Waals surface area contributed by atoms with Crippen LogP contribution in [-0.2, 0) is 16.6 Å². The first kappa shape index (κ1) is 20.7. The zero-order valence-corrected chi connectivity index (χ0v) is 17.1. The molecule has 9 heteroatoms. The zero-order chi connectivity index (χ0) is 21.1. The Morgan fingerprint density at radius 1 is 1.03 bits per heavy atom. The van der Waals surface area contributed by atoms with Crippen LogP contribution in [0.25, 0.3) is 5.69 Å². The van der Waals surface area contributed by atoms with E-state index < -0.39 is 24.0 Å². The number of rotatable bonds is 5. The molecule has 1 amide bonds. The van der Waals surface area contributed by atoms with Crippen molar-refractivity contribution in [2.75, 3.05) is 11.9 Å². The fourth-order valence-electron chi connectivity index (χ4n) is 2.78. The number of nitrogens with one attached hydrogen (secondary N) is 1. The van der Waals surface area contributed by atoms with Crippen molar-refractivity contribution >= 4 is 40.8 Å². The van der Waals surface area contributed by atoms with E-state index in [9.17, 15) is 14.4 Å². The smallest absolute Gasteiger partial charge is 0.341 e. The third-order valence-electron chi connectivity index (χ3n) is 4.32. The van der Waals surface area contributed by atoms with Crippen LogP contribution >= 0.6 is 23.2 Å². The second-order valence-corrected chi connectivity index (χ2v) is 6.97. The zero-order valence-electron chi connectivity index (χ0n) is 15.6. The van der Waals surface area contributed by atoms with Crippen LogP contribution in [0.2, 0.25) is 10.0 Å². The van der Waals surface area contributed by atoms with Gasteiger partial charge in [0, 0.05) is 7.05 Å². The quantitative estimate of drug-likeness (QED) is 0.623. The molecular weight excluding hydrogens is 417 g/mol. The van der Waals surface area contributed by atoms with Crippen molar-refractivity contribution in [1.82, 2.24) is 9.36 Å². The lowest BCUT2D eigenvalue weighted by Crippen LogP contribution is -2.26. The number of esters is 1. The standard InChI is InChI=1S/C20H17Cl2N3O4/c1-12-18(19(27)25(24(12)2)13-7-4-3-5-8-13)23-16(26)11-29-20(28)17-14(21)9-6-10-15(17)22/h3-10H,11H2,1-2H3,(H,23,26). The van der Waals surface area contributed by atoms with E-state index in [0.717, 1.165) is 0 Å². The monoisotopic (exact) mass is 433 g/mol. The van der Waals surface area contributed by atoms with E-state index in [1.54, 1.807) is 36.9 Å². The summed E-state index contributed by atoms with van der Waals surface area (Å²) in [5.41, 5.74) is 0.889. The molecule has 1 heterocycles. The van der Waals surface area contributed by atoms with Crippen molar-refractivity contribution in [2.24, 2.45) is 7.05 Å². The topological polar surface area (TPSA) is 82.3 Å². The molecule has 0 aliphatic rings. The average molecular weight is 434 g/mol. The predicted octanol–water partition coefficient (Wildman–Crippen LogP) is 3.59. The Morgan fingerprint density at radius 3 is 2.28 bits per heavy atom. The lowest BCUT2D eigenvalue weighted by molar-refractivity contribution is -0.119. The molecule has 0 saturated carbocycles. The van der Waals surface area contributed by atoms with Crippen molar-refractivity contribution in [3.63, 3.8) is 0 Å². The van der Waals surface area contributed by atoms with Crippen LogP contribution < -0.4 is 10.9 Å². The van der Waals surface area contributed by atoms with Gasteiger partial charge in [0.15, 0.2) is 6.61 Å². The van der Waals surface area contributed by atoms with E-state index in [2.05, 4.69) is 5.32 Å². The molecule has 0 radical (unpaired) electrons. The third kappa shape index (κ3) is 4.21. The Morgan fingerprint density at radius 2 is 1.66 bits per heavy atom. The second kappa shape index (κ2) is 8.55. The van der Waals surface area contributed by atoms with E-state index in [0.29, 0.717) is 11.4 Å². The van der Waals surface area contributed by atoms with Gasteiger partial charge >= 0.3 is 5.97 Å². The summed E-state index contributed by atoms with van der Waals surface area (Å²) in [5, 5.41) is 2.75. The highest BCUT2D eigenvalue weighted by Gasteiger charge is 2.20. The Kier molecular flexibility index (Phi) is 6.10. The number of para-hydroxylation sites is 1. The van der Waals surface area contributed by atoms with Crippen molar-refractivity contribution in [3.8, 4) is 5.69 Å². The lowest BCUT2D eigenvalue weighted by atomic mass is 10.2. The number of aromatic nitrogens is 2. The molecular formula is C20H17Cl2N3O4. The molecule has 0 aliphatic carbocycles. The van der Waals surface area contributed by atoms with Crippen molar-refractivity contribution in [3.05, 3.63) is 80.2 Å². The lowest BCUT2D eigenvalue weighted by Gasteiger charge is -2.08. The molecule has 0 saturated heterocycles. The van der Waals surface area contributed by atoms with Gasteiger partial charge in [-0.25, -0.2) is 9.48 Å². The summed E-state index contributed by atoms with van der Waals surface area (Å²) in [4.78, 5) is 37.2. The molecule has 1 N–H and O–H groups in total. The first-order chi connectivity index (χ1) is 13.8. The average Bonchev–Trinajstić information content (AvgIpc) is 2.90. The first-order valence-corrected chi connectivity index (χ1v) is 9.32. The van der Waals surface area contributed by atoms with Crippen LogP contribution in [0.5, 0.6) is 0 Å². The fraction of sp³-hybridized carbons (Fsp3) is 0.150. The van der Waals surface area contributed by atoms with Gasteiger partial charge in [0.2, 0.25) is 0 Å². The maximum absolute atomic E-state index is 12.8. The Balaban J connectivity index is 1.75. The minimum absolute atomic E-state index is 0.0223. The van der Waals surface area contributed by atoms with Crippen molar-refractivity contribution in [1.29, 1.82) is 0 Å². The summed E-state index contributed by atoms with van der Waals surface area (Å²) in [5.74, 6) is -1.49. The Labute approximate surface area is 176 Å². The Bertz CT molecular complexity index is 1120. The van der Waals surface area contributed by atoms with Gasteiger partial charge in [-0.15, -0.1) is 0 Å². The summed E-state index contributed by atoms with van der Waals surface area (Å²) < 4.78 is 8.05. The number of nitrogens with zero attached hydrogens (tertiary/aromatic N) is 2. The maximum atomic E-state index is 12.8. The SMILES string of the molecule is Cc1c(NC(=O)COC(=O)c2c(Cl)cccc2Cl)c(=O)n(-c2ccccc2)n1C. The summed E-state index contributed by atoms with van der Waals surface area (Å²) in [6.07, 6.45) is 0. The molecule has 3 rings (SSSR count). The molecule has 0 aliphatic heterocycles. The van der Waals surface area contributed by atoms with Crippen LogP contribution in [0.1, 0.15) is 16.1 Å². The van der Waals surface area contributed by atoms with Crippen molar-refractivity contribution < 1.29 is 14.3 Å². The normalized spacial score (nSPS) is 10.6.